The van der Waals surface area contributed by atoms with Gasteiger partial charge in [0.15, 0.2) is 0 Å². The summed E-state index contributed by atoms with van der Waals surface area (Å²) in [4.78, 5) is 0. The lowest BCUT2D eigenvalue weighted by molar-refractivity contribution is 0.626. The van der Waals surface area contributed by atoms with Crippen molar-refractivity contribution in [3.8, 4) is 0 Å². The first kappa shape index (κ1) is 8.11. The van der Waals surface area contributed by atoms with Gasteiger partial charge < -0.3 is 5.32 Å². The maximum atomic E-state index is 3.76. The minimum absolute atomic E-state index is 0.402. The fraction of sp³-hybridized carbons (Fsp3) is 0.167. The Morgan fingerprint density at radius 2 is 2.23 bits per heavy atom. The van der Waals surface area contributed by atoms with Gasteiger partial charge in [0.25, 0.3) is 0 Å². The molecular weight excluding hydrogens is 158 g/mol. The van der Waals surface area contributed by atoms with E-state index in [1.807, 2.05) is 12.3 Å². The Hall–Kier alpha value is -1.50. The Kier molecular flexibility index (Phi) is 2.17. The summed E-state index contributed by atoms with van der Waals surface area (Å²) >= 11 is 0. The predicted octanol–water partition coefficient (Wildman–Crippen LogP) is 2.88. The Labute approximate surface area is 78.8 Å². The van der Waals surface area contributed by atoms with Crippen LogP contribution in [0.15, 0.2) is 43.1 Å². The maximum absolute atomic E-state index is 3.76. The van der Waals surface area contributed by atoms with Crippen LogP contribution in [0.2, 0.25) is 0 Å². The Bertz CT molecular complexity index is 339. The van der Waals surface area contributed by atoms with E-state index in [0.29, 0.717) is 6.04 Å². The molecule has 1 aromatic rings. The van der Waals surface area contributed by atoms with Gasteiger partial charge in [0.1, 0.15) is 0 Å². The van der Waals surface area contributed by atoms with Crippen molar-refractivity contribution >= 4 is 6.08 Å². The summed E-state index contributed by atoms with van der Waals surface area (Å²) in [6.45, 7) is 3.76. The second-order valence-corrected chi connectivity index (χ2v) is 3.21. The highest BCUT2D eigenvalue weighted by Crippen LogP contribution is 2.25. The zero-order valence-electron chi connectivity index (χ0n) is 7.53. The first-order chi connectivity index (χ1) is 6.42. The molecule has 0 amide bonds. The molecule has 0 spiro atoms. The van der Waals surface area contributed by atoms with Crippen molar-refractivity contribution in [2.75, 3.05) is 0 Å². The topological polar surface area (TPSA) is 12.0 Å². The molecule has 0 bridgehead atoms. The lowest BCUT2D eigenvalue weighted by atomic mass is 9.96. The third kappa shape index (κ3) is 1.50. The molecule has 0 aliphatic carbocycles. The largest absolute Gasteiger partial charge is 0.384 e. The van der Waals surface area contributed by atoms with E-state index < -0.39 is 0 Å². The number of nitrogens with one attached hydrogen (secondary N) is 1. The first-order valence-corrected chi connectivity index (χ1v) is 4.54. The fourth-order valence-electron chi connectivity index (χ4n) is 1.69. The molecule has 1 atom stereocenters. The van der Waals surface area contributed by atoms with Crippen LogP contribution in [0, 0.1) is 0 Å². The molecule has 0 aromatic heterocycles. The Balaban J connectivity index is 2.37. The molecule has 0 fully saturated rings. The monoisotopic (exact) mass is 171 g/mol. The third-order valence-corrected chi connectivity index (χ3v) is 2.33. The van der Waals surface area contributed by atoms with E-state index >= 15 is 0 Å². The summed E-state index contributed by atoms with van der Waals surface area (Å²) in [6.07, 6.45) is 7.04. The Morgan fingerprint density at radius 1 is 1.38 bits per heavy atom. The van der Waals surface area contributed by atoms with E-state index in [9.17, 15) is 0 Å². The second kappa shape index (κ2) is 3.48. The van der Waals surface area contributed by atoms with Gasteiger partial charge in [0.2, 0.25) is 0 Å². The van der Waals surface area contributed by atoms with Gasteiger partial charge >= 0.3 is 0 Å². The van der Waals surface area contributed by atoms with Crippen molar-refractivity contribution < 1.29 is 0 Å². The van der Waals surface area contributed by atoms with Crippen molar-refractivity contribution in [3.05, 3.63) is 54.2 Å². The summed E-state index contributed by atoms with van der Waals surface area (Å²) in [5.41, 5.74) is 2.68. The molecule has 66 valence electrons. The van der Waals surface area contributed by atoms with Crippen LogP contribution in [-0.4, -0.2) is 0 Å². The molecule has 1 unspecified atom stereocenters. The zero-order valence-corrected chi connectivity index (χ0v) is 7.53. The van der Waals surface area contributed by atoms with Gasteiger partial charge in [-0.25, -0.2) is 0 Å². The lowest BCUT2D eigenvalue weighted by Gasteiger charge is -2.22. The SMILES string of the molecule is C=CCC1NC=Cc2ccccc21. The molecule has 0 saturated heterocycles. The summed E-state index contributed by atoms with van der Waals surface area (Å²) in [7, 11) is 0. The number of benzene rings is 1. The van der Waals surface area contributed by atoms with Crippen molar-refractivity contribution in [2.24, 2.45) is 0 Å². The highest BCUT2D eigenvalue weighted by molar-refractivity contribution is 5.56. The molecule has 1 N–H and O–H groups in total. The molecule has 1 aliphatic heterocycles. The van der Waals surface area contributed by atoms with Crippen molar-refractivity contribution in [2.45, 2.75) is 12.5 Å². The standard InChI is InChI=1S/C12H13N/c1-2-5-12-11-7-4-3-6-10(11)8-9-13-12/h2-4,6-9,12-13H,1,5H2. The highest BCUT2D eigenvalue weighted by atomic mass is 14.9. The first-order valence-electron chi connectivity index (χ1n) is 4.54. The quantitative estimate of drug-likeness (QED) is 0.675. The minimum atomic E-state index is 0.402. The average molecular weight is 171 g/mol. The van der Waals surface area contributed by atoms with Gasteiger partial charge in [0.05, 0.1) is 6.04 Å². The average Bonchev–Trinajstić information content (AvgIpc) is 2.19. The maximum Gasteiger partial charge on any atom is 0.0548 e. The van der Waals surface area contributed by atoms with Gasteiger partial charge in [-0.3, -0.25) is 0 Å². The molecule has 0 radical (unpaired) electrons. The third-order valence-electron chi connectivity index (χ3n) is 2.33. The van der Waals surface area contributed by atoms with E-state index in [4.69, 9.17) is 0 Å². The summed E-state index contributed by atoms with van der Waals surface area (Å²) < 4.78 is 0. The van der Waals surface area contributed by atoms with Crippen LogP contribution in [0.3, 0.4) is 0 Å². The van der Waals surface area contributed by atoms with Gasteiger partial charge in [-0.05, 0) is 29.8 Å². The normalized spacial score (nSPS) is 18.9. The van der Waals surface area contributed by atoms with E-state index in [1.165, 1.54) is 11.1 Å². The number of rotatable bonds is 2. The van der Waals surface area contributed by atoms with Crippen LogP contribution in [0.4, 0.5) is 0 Å². The van der Waals surface area contributed by atoms with Crippen LogP contribution in [0.25, 0.3) is 6.08 Å². The van der Waals surface area contributed by atoms with Crippen LogP contribution in [0.1, 0.15) is 23.6 Å². The predicted molar refractivity (Wildman–Crippen MR) is 56.2 cm³/mol. The highest BCUT2D eigenvalue weighted by Gasteiger charge is 2.13. The van der Waals surface area contributed by atoms with Crippen LogP contribution >= 0.6 is 0 Å². The molecule has 2 rings (SSSR count). The molecule has 0 saturated carbocycles. The van der Waals surface area contributed by atoms with E-state index in [1.54, 1.807) is 0 Å². The summed E-state index contributed by atoms with van der Waals surface area (Å²) in [6, 6.07) is 8.86. The van der Waals surface area contributed by atoms with Crippen molar-refractivity contribution in [1.82, 2.24) is 5.32 Å². The molecule has 1 aliphatic rings. The Morgan fingerprint density at radius 3 is 3.08 bits per heavy atom. The number of hydrogen-bond donors (Lipinski definition) is 1. The fourth-order valence-corrected chi connectivity index (χ4v) is 1.69. The molecular formula is C12H13N. The van der Waals surface area contributed by atoms with Gasteiger partial charge in [-0.2, -0.15) is 0 Å². The van der Waals surface area contributed by atoms with Gasteiger partial charge in [-0.15, -0.1) is 6.58 Å². The van der Waals surface area contributed by atoms with Crippen LogP contribution in [-0.2, 0) is 0 Å². The van der Waals surface area contributed by atoms with Crippen LogP contribution < -0.4 is 5.32 Å². The van der Waals surface area contributed by atoms with Crippen molar-refractivity contribution in [3.63, 3.8) is 0 Å². The lowest BCUT2D eigenvalue weighted by Crippen LogP contribution is -2.18. The van der Waals surface area contributed by atoms with E-state index in [0.717, 1.165) is 6.42 Å². The minimum Gasteiger partial charge on any atom is -0.384 e. The van der Waals surface area contributed by atoms with E-state index in [2.05, 4.69) is 42.2 Å². The van der Waals surface area contributed by atoms with Crippen LogP contribution in [0.5, 0.6) is 0 Å². The molecule has 13 heavy (non-hydrogen) atoms. The molecule has 1 heteroatoms. The van der Waals surface area contributed by atoms with Crippen molar-refractivity contribution in [1.29, 1.82) is 0 Å². The second-order valence-electron chi connectivity index (χ2n) is 3.21. The zero-order chi connectivity index (χ0) is 9.10. The van der Waals surface area contributed by atoms with Gasteiger partial charge in [0, 0.05) is 0 Å². The van der Waals surface area contributed by atoms with E-state index in [-0.39, 0.29) is 0 Å². The molecule has 1 heterocycles. The molecule has 1 aromatic carbocycles. The number of hydrogen-bond acceptors (Lipinski definition) is 1. The molecule has 1 nitrogen and oxygen atoms in total. The van der Waals surface area contributed by atoms with Gasteiger partial charge in [-0.1, -0.05) is 30.3 Å². The summed E-state index contributed by atoms with van der Waals surface area (Å²) in [5.74, 6) is 0. The summed E-state index contributed by atoms with van der Waals surface area (Å²) in [5, 5.41) is 3.32. The number of fused-ring (bicyclic) bond motifs is 1. The smallest absolute Gasteiger partial charge is 0.0548 e.